The maximum absolute atomic E-state index is 12.3. The van der Waals surface area contributed by atoms with Crippen LogP contribution in [0.4, 0.5) is 0 Å². The number of aliphatic hydroxyl groups is 1. The zero-order valence-corrected chi connectivity index (χ0v) is 12.1. The summed E-state index contributed by atoms with van der Waals surface area (Å²) in [5.74, 6) is -0.216. The summed E-state index contributed by atoms with van der Waals surface area (Å²) in [6.07, 6.45) is 4.07. The molecule has 0 saturated heterocycles. The van der Waals surface area contributed by atoms with Crippen LogP contribution in [0, 0.1) is 5.41 Å². The third-order valence-electron chi connectivity index (χ3n) is 3.06. The van der Waals surface area contributed by atoms with Gasteiger partial charge in [0, 0.05) is 6.20 Å². The molecule has 1 amide bonds. The Labute approximate surface area is 118 Å². The highest BCUT2D eigenvalue weighted by Crippen LogP contribution is 2.20. The van der Waals surface area contributed by atoms with Crippen LogP contribution in [0.3, 0.4) is 0 Å². The summed E-state index contributed by atoms with van der Waals surface area (Å²) in [4.78, 5) is 16.5. The van der Waals surface area contributed by atoms with Crippen molar-refractivity contribution in [2.24, 2.45) is 5.41 Å². The van der Waals surface area contributed by atoms with E-state index < -0.39 is 0 Å². The Morgan fingerprint density at radius 3 is 2.85 bits per heavy atom. The summed E-state index contributed by atoms with van der Waals surface area (Å²) < 4.78 is 1.74. The van der Waals surface area contributed by atoms with Gasteiger partial charge in [-0.1, -0.05) is 26.8 Å². The average Bonchev–Trinajstić information content (AvgIpc) is 2.80. The van der Waals surface area contributed by atoms with Crippen LogP contribution < -0.4 is 5.32 Å². The fraction of sp³-hybridized carbons (Fsp3) is 0.467. The highest BCUT2D eigenvalue weighted by Gasteiger charge is 2.21. The van der Waals surface area contributed by atoms with Crippen LogP contribution in [0.1, 0.15) is 37.7 Å². The van der Waals surface area contributed by atoms with Crippen molar-refractivity contribution < 1.29 is 9.90 Å². The van der Waals surface area contributed by atoms with Crippen molar-refractivity contribution in [3.63, 3.8) is 0 Å². The van der Waals surface area contributed by atoms with Crippen molar-refractivity contribution in [3.05, 3.63) is 36.3 Å². The molecule has 0 spiro atoms. The Balaban J connectivity index is 2.15. The third-order valence-corrected chi connectivity index (χ3v) is 3.06. The van der Waals surface area contributed by atoms with Gasteiger partial charge >= 0.3 is 0 Å². The molecule has 0 aliphatic heterocycles. The molecule has 2 aromatic heterocycles. The van der Waals surface area contributed by atoms with Crippen molar-refractivity contribution in [2.75, 3.05) is 6.61 Å². The van der Waals surface area contributed by atoms with E-state index in [4.69, 9.17) is 0 Å². The number of aliphatic hydroxyl groups excluding tert-OH is 1. The maximum Gasteiger partial charge on any atom is 0.270 e. The molecule has 108 valence electrons. The quantitative estimate of drug-likeness (QED) is 0.895. The minimum absolute atomic E-state index is 0.0418. The molecule has 2 N–H and O–H groups in total. The number of aromatic nitrogens is 2. The molecule has 0 saturated carbocycles. The van der Waals surface area contributed by atoms with Crippen LogP contribution in [-0.4, -0.2) is 33.0 Å². The predicted molar refractivity (Wildman–Crippen MR) is 77.6 cm³/mol. The minimum Gasteiger partial charge on any atom is -0.394 e. The summed E-state index contributed by atoms with van der Waals surface area (Å²) in [6.45, 7) is 6.17. The Hall–Kier alpha value is -1.88. The zero-order chi connectivity index (χ0) is 14.8. The van der Waals surface area contributed by atoms with Crippen molar-refractivity contribution in [1.29, 1.82) is 0 Å². The molecule has 0 fully saturated rings. The lowest BCUT2D eigenvalue weighted by atomic mass is 9.88. The molecule has 20 heavy (non-hydrogen) atoms. The first kappa shape index (κ1) is 14.5. The second-order valence-corrected chi connectivity index (χ2v) is 6.19. The molecule has 0 radical (unpaired) electrons. The lowest BCUT2D eigenvalue weighted by Crippen LogP contribution is -2.40. The molecule has 0 aliphatic rings. The minimum atomic E-state index is -0.253. The van der Waals surface area contributed by atoms with Crippen molar-refractivity contribution in [1.82, 2.24) is 14.7 Å². The van der Waals surface area contributed by atoms with Gasteiger partial charge in [-0.2, -0.15) is 0 Å². The van der Waals surface area contributed by atoms with Crippen molar-refractivity contribution in [3.8, 4) is 0 Å². The Bertz CT molecular complexity index is 598. The van der Waals surface area contributed by atoms with Gasteiger partial charge in [-0.05, 0) is 24.0 Å². The van der Waals surface area contributed by atoms with E-state index in [1.165, 1.54) is 0 Å². The van der Waals surface area contributed by atoms with Crippen LogP contribution in [0.2, 0.25) is 0 Å². The molecule has 2 heterocycles. The monoisotopic (exact) mass is 275 g/mol. The van der Waals surface area contributed by atoms with Crippen molar-refractivity contribution >= 4 is 11.6 Å². The summed E-state index contributed by atoms with van der Waals surface area (Å²) in [5, 5.41) is 12.3. The second-order valence-electron chi connectivity index (χ2n) is 6.19. The summed E-state index contributed by atoms with van der Waals surface area (Å²) in [7, 11) is 0. The van der Waals surface area contributed by atoms with Gasteiger partial charge in [-0.15, -0.1) is 0 Å². The summed E-state index contributed by atoms with van der Waals surface area (Å²) in [6, 6.07) is 5.32. The van der Waals surface area contributed by atoms with E-state index in [2.05, 4.69) is 31.1 Å². The summed E-state index contributed by atoms with van der Waals surface area (Å²) in [5.41, 5.74) is 1.25. The van der Waals surface area contributed by atoms with Gasteiger partial charge in [0.15, 0.2) is 0 Å². The largest absolute Gasteiger partial charge is 0.394 e. The number of carbonyl (C=O) groups is 1. The topological polar surface area (TPSA) is 66.6 Å². The van der Waals surface area contributed by atoms with Gasteiger partial charge in [0.05, 0.1) is 18.8 Å². The Kier molecular flexibility index (Phi) is 4.09. The molecule has 0 aromatic carbocycles. The number of fused-ring (bicyclic) bond motifs is 1. The Morgan fingerprint density at radius 2 is 2.20 bits per heavy atom. The SMILES string of the molecule is CC(C)(C)CC(CO)NC(=O)c1cnc2ccccn12. The van der Waals surface area contributed by atoms with Crippen LogP contribution in [0.15, 0.2) is 30.6 Å². The maximum atomic E-state index is 12.3. The van der Waals surface area contributed by atoms with Gasteiger partial charge in [0.1, 0.15) is 11.3 Å². The number of hydrogen-bond donors (Lipinski definition) is 2. The molecular formula is C15H21N3O2. The number of amides is 1. The molecule has 5 heteroatoms. The molecule has 2 rings (SSSR count). The molecule has 1 unspecified atom stereocenters. The van der Waals surface area contributed by atoms with Gasteiger partial charge in [0.2, 0.25) is 0 Å². The Morgan fingerprint density at radius 1 is 1.45 bits per heavy atom. The van der Waals surface area contributed by atoms with Gasteiger partial charge in [0.25, 0.3) is 5.91 Å². The number of rotatable bonds is 4. The number of hydrogen-bond acceptors (Lipinski definition) is 3. The van der Waals surface area contributed by atoms with E-state index in [0.29, 0.717) is 12.1 Å². The molecule has 0 bridgehead atoms. The molecule has 0 aliphatic carbocycles. The highest BCUT2D eigenvalue weighted by molar-refractivity contribution is 5.93. The first-order chi connectivity index (χ1) is 9.40. The number of nitrogens with one attached hydrogen (secondary N) is 1. The van der Waals surface area contributed by atoms with Gasteiger partial charge < -0.3 is 10.4 Å². The lowest BCUT2D eigenvalue weighted by Gasteiger charge is -2.25. The van der Waals surface area contributed by atoms with E-state index in [-0.39, 0.29) is 24.0 Å². The fourth-order valence-electron chi connectivity index (χ4n) is 2.26. The number of pyridine rings is 1. The van der Waals surface area contributed by atoms with E-state index in [9.17, 15) is 9.90 Å². The average molecular weight is 275 g/mol. The lowest BCUT2D eigenvalue weighted by molar-refractivity contribution is 0.0891. The molecule has 2 aromatic rings. The predicted octanol–water partition coefficient (Wildman–Crippen LogP) is 1.86. The zero-order valence-electron chi connectivity index (χ0n) is 12.1. The number of nitrogens with zero attached hydrogens (tertiary/aromatic N) is 2. The van der Waals surface area contributed by atoms with Crippen LogP contribution >= 0.6 is 0 Å². The van der Waals surface area contributed by atoms with E-state index in [1.807, 2.05) is 18.2 Å². The molecule has 1 atom stereocenters. The van der Waals surface area contributed by atoms with E-state index in [0.717, 1.165) is 5.65 Å². The van der Waals surface area contributed by atoms with Gasteiger partial charge in [-0.3, -0.25) is 9.20 Å². The van der Waals surface area contributed by atoms with E-state index in [1.54, 1.807) is 16.8 Å². The van der Waals surface area contributed by atoms with E-state index >= 15 is 0 Å². The highest BCUT2D eigenvalue weighted by atomic mass is 16.3. The fourth-order valence-corrected chi connectivity index (χ4v) is 2.26. The third kappa shape index (κ3) is 3.36. The van der Waals surface area contributed by atoms with Crippen LogP contribution in [-0.2, 0) is 0 Å². The first-order valence-electron chi connectivity index (χ1n) is 6.74. The molecule has 5 nitrogen and oxygen atoms in total. The van der Waals surface area contributed by atoms with Crippen LogP contribution in [0.5, 0.6) is 0 Å². The standard InChI is InChI=1S/C15H21N3O2/c1-15(2,3)8-11(10-19)17-14(20)12-9-16-13-6-4-5-7-18(12)13/h4-7,9,11,19H,8,10H2,1-3H3,(H,17,20). The normalized spacial score (nSPS) is 13.4. The summed E-state index contributed by atoms with van der Waals surface area (Å²) >= 11 is 0. The van der Waals surface area contributed by atoms with Gasteiger partial charge in [-0.25, -0.2) is 4.98 Å². The number of carbonyl (C=O) groups excluding carboxylic acids is 1. The number of imidazole rings is 1. The second kappa shape index (κ2) is 5.63. The van der Waals surface area contributed by atoms with Crippen LogP contribution in [0.25, 0.3) is 5.65 Å². The smallest absolute Gasteiger partial charge is 0.270 e. The first-order valence-corrected chi connectivity index (χ1v) is 6.74. The van der Waals surface area contributed by atoms with Crippen molar-refractivity contribution in [2.45, 2.75) is 33.2 Å². The molecular weight excluding hydrogens is 254 g/mol.